The van der Waals surface area contributed by atoms with Crippen molar-refractivity contribution in [1.82, 2.24) is 14.9 Å². The van der Waals surface area contributed by atoms with E-state index in [0.717, 1.165) is 18.8 Å². The minimum absolute atomic E-state index is 0.131. The van der Waals surface area contributed by atoms with E-state index < -0.39 is 0 Å². The normalized spacial score (nSPS) is 13.2. The van der Waals surface area contributed by atoms with Gasteiger partial charge in [-0.05, 0) is 32.0 Å². The number of halogens is 1. The summed E-state index contributed by atoms with van der Waals surface area (Å²) in [5.74, 6) is 0.657. The van der Waals surface area contributed by atoms with Gasteiger partial charge in [0.1, 0.15) is 17.2 Å². The fourth-order valence-corrected chi connectivity index (χ4v) is 2.08. The van der Waals surface area contributed by atoms with E-state index in [1.807, 2.05) is 17.7 Å². The number of rotatable bonds is 4. The maximum absolute atomic E-state index is 13.7. The minimum atomic E-state index is -0.216. The van der Waals surface area contributed by atoms with E-state index in [2.05, 4.69) is 24.1 Å². The zero-order valence-electron chi connectivity index (χ0n) is 10.5. The Kier molecular flexibility index (Phi) is 3.43. The molecule has 4 heteroatoms. The van der Waals surface area contributed by atoms with Gasteiger partial charge in [-0.15, -0.1) is 0 Å². The van der Waals surface area contributed by atoms with Crippen molar-refractivity contribution < 1.29 is 4.39 Å². The molecule has 1 aromatic carbocycles. The topological polar surface area (TPSA) is 29.9 Å². The van der Waals surface area contributed by atoms with Crippen LogP contribution in [-0.4, -0.2) is 16.1 Å². The Morgan fingerprint density at radius 2 is 2.24 bits per heavy atom. The van der Waals surface area contributed by atoms with Gasteiger partial charge in [0.25, 0.3) is 0 Å². The Balaban J connectivity index is 2.42. The molecule has 1 N–H and O–H groups in total. The lowest BCUT2D eigenvalue weighted by Gasteiger charge is -2.12. The number of aryl methyl sites for hydroxylation is 1. The molecule has 0 aliphatic carbocycles. The lowest BCUT2D eigenvalue weighted by Crippen LogP contribution is -2.22. The quantitative estimate of drug-likeness (QED) is 0.883. The van der Waals surface area contributed by atoms with Crippen LogP contribution in [0.5, 0.6) is 0 Å². The average Bonchev–Trinajstić information content (AvgIpc) is 2.65. The molecule has 1 aromatic heterocycles. The highest BCUT2D eigenvalue weighted by Crippen LogP contribution is 2.21. The van der Waals surface area contributed by atoms with Crippen molar-refractivity contribution in [3.05, 3.63) is 29.8 Å². The Morgan fingerprint density at radius 1 is 1.47 bits per heavy atom. The SMILES string of the molecule is CCCNC(C)c1nc2cccc(F)c2n1C. The number of hydrogen-bond donors (Lipinski definition) is 1. The van der Waals surface area contributed by atoms with Gasteiger partial charge in [-0.2, -0.15) is 0 Å². The molecule has 0 bridgehead atoms. The lowest BCUT2D eigenvalue weighted by atomic mass is 10.3. The fraction of sp³-hybridized carbons (Fsp3) is 0.462. The van der Waals surface area contributed by atoms with Crippen LogP contribution >= 0.6 is 0 Å². The van der Waals surface area contributed by atoms with Crippen molar-refractivity contribution in [2.24, 2.45) is 7.05 Å². The smallest absolute Gasteiger partial charge is 0.149 e. The van der Waals surface area contributed by atoms with Crippen LogP contribution in [0.3, 0.4) is 0 Å². The summed E-state index contributed by atoms with van der Waals surface area (Å²) < 4.78 is 15.5. The molecule has 17 heavy (non-hydrogen) atoms. The zero-order valence-corrected chi connectivity index (χ0v) is 10.5. The maximum atomic E-state index is 13.7. The third kappa shape index (κ3) is 2.17. The second-order valence-corrected chi connectivity index (χ2v) is 4.31. The van der Waals surface area contributed by atoms with Gasteiger partial charge >= 0.3 is 0 Å². The molecule has 2 aromatic rings. The number of para-hydroxylation sites is 1. The zero-order chi connectivity index (χ0) is 12.4. The number of benzene rings is 1. The molecule has 0 aliphatic heterocycles. The van der Waals surface area contributed by atoms with E-state index >= 15 is 0 Å². The van der Waals surface area contributed by atoms with Crippen molar-refractivity contribution in [3.63, 3.8) is 0 Å². The highest BCUT2D eigenvalue weighted by atomic mass is 19.1. The molecule has 0 spiro atoms. The van der Waals surface area contributed by atoms with Crippen LogP contribution in [0.1, 0.15) is 32.1 Å². The molecule has 0 fully saturated rings. The molecule has 1 unspecified atom stereocenters. The van der Waals surface area contributed by atoms with Crippen LogP contribution in [0.2, 0.25) is 0 Å². The van der Waals surface area contributed by atoms with Crippen molar-refractivity contribution >= 4 is 11.0 Å². The first kappa shape index (κ1) is 12.0. The molecular weight excluding hydrogens is 217 g/mol. The summed E-state index contributed by atoms with van der Waals surface area (Å²) in [5, 5.41) is 3.36. The first-order valence-corrected chi connectivity index (χ1v) is 5.99. The van der Waals surface area contributed by atoms with Crippen LogP contribution < -0.4 is 5.32 Å². The molecular formula is C13H18FN3. The Labute approximate surface area is 101 Å². The highest BCUT2D eigenvalue weighted by molar-refractivity contribution is 5.76. The standard InChI is InChI=1S/C13H18FN3/c1-4-8-15-9(2)13-16-11-7-5-6-10(14)12(11)17(13)3/h5-7,9,15H,4,8H2,1-3H3. The third-order valence-electron chi connectivity index (χ3n) is 2.97. The van der Waals surface area contributed by atoms with Gasteiger partial charge in [0.15, 0.2) is 0 Å². The number of fused-ring (bicyclic) bond motifs is 1. The van der Waals surface area contributed by atoms with Gasteiger partial charge in [-0.25, -0.2) is 9.37 Å². The predicted molar refractivity (Wildman–Crippen MR) is 67.4 cm³/mol. The summed E-state index contributed by atoms with van der Waals surface area (Å²) in [6.45, 7) is 5.11. The van der Waals surface area contributed by atoms with Crippen LogP contribution in [0.15, 0.2) is 18.2 Å². The average molecular weight is 235 g/mol. The van der Waals surface area contributed by atoms with E-state index in [4.69, 9.17) is 0 Å². The molecule has 0 aliphatic rings. The second-order valence-electron chi connectivity index (χ2n) is 4.31. The van der Waals surface area contributed by atoms with Gasteiger partial charge in [-0.1, -0.05) is 13.0 Å². The maximum Gasteiger partial charge on any atom is 0.149 e. The van der Waals surface area contributed by atoms with Gasteiger partial charge in [0.2, 0.25) is 0 Å². The second kappa shape index (κ2) is 4.84. The molecule has 2 rings (SSSR count). The van der Waals surface area contributed by atoms with Gasteiger partial charge in [0.05, 0.1) is 11.6 Å². The third-order valence-corrected chi connectivity index (χ3v) is 2.97. The number of hydrogen-bond acceptors (Lipinski definition) is 2. The molecule has 0 saturated carbocycles. The molecule has 0 amide bonds. The molecule has 0 radical (unpaired) electrons. The van der Waals surface area contributed by atoms with Gasteiger partial charge in [-0.3, -0.25) is 0 Å². The van der Waals surface area contributed by atoms with E-state index in [1.165, 1.54) is 6.07 Å². The summed E-state index contributed by atoms with van der Waals surface area (Å²) in [5.41, 5.74) is 1.29. The predicted octanol–water partition coefficient (Wildman–Crippen LogP) is 2.77. The molecule has 92 valence electrons. The number of nitrogens with one attached hydrogen (secondary N) is 1. The monoisotopic (exact) mass is 235 g/mol. The van der Waals surface area contributed by atoms with Crippen LogP contribution in [0.25, 0.3) is 11.0 Å². The van der Waals surface area contributed by atoms with Crippen molar-refractivity contribution in [1.29, 1.82) is 0 Å². The summed E-state index contributed by atoms with van der Waals surface area (Å²) in [4.78, 5) is 4.49. The van der Waals surface area contributed by atoms with Crippen LogP contribution in [0, 0.1) is 5.82 Å². The summed E-state index contributed by atoms with van der Waals surface area (Å²) >= 11 is 0. The number of imidazole rings is 1. The van der Waals surface area contributed by atoms with E-state index in [9.17, 15) is 4.39 Å². The summed E-state index contributed by atoms with van der Waals surface area (Å²) in [6.07, 6.45) is 1.07. The summed E-state index contributed by atoms with van der Waals surface area (Å²) in [7, 11) is 1.86. The number of aromatic nitrogens is 2. The first-order valence-electron chi connectivity index (χ1n) is 5.99. The van der Waals surface area contributed by atoms with Crippen molar-refractivity contribution in [3.8, 4) is 0 Å². The lowest BCUT2D eigenvalue weighted by molar-refractivity contribution is 0.530. The highest BCUT2D eigenvalue weighted by Gasteiger charge is 2.15. The molecule has 1 heterocycles. The largest absolute Gasteiger partial charge is 0.327 e. The Hall–Kier alpha value is -1.42. The van der Waals surface area contributed by atoms with Crippen molar-refractivity contribution in [2.45, 2.75) is 26.3 Å². The summed E-state index contributed by atoms with van der Waals surface area (Å²) in [6, 6.07) is 5.14. The van der Waals surface area contributed by atoms with Crippen LogP contribution in [0.4, 0.5) is 4.39 Å². The Morgan fingerprint density at radius 3 is 2.88 bits per heavy atom. The minimum Gasteiger partial charge on any atom is -0.327 e. The van der Waals surface area contributed by atoms with E-state index in [-0.39, 0.29) is 11.9 Å². The fourth-order valence-electron chi connectivity index (χ4n) is 2.08. The molecule has 1 atom stereocenters. The first-order chi connectivity index (χ1) is 8.15. The van der Waals surface area contributed by atoms with Crippen LogP contribution in [-0.2, 0) is 7.05 Å². The molecule has 3 nitrogen and oxygen atoms in total. The Bertz CT molecular complexity index is 519. The van der Waals surface area contributed by atoms with Gasteiger partial charge in [0, 0.05) is 7.05 Å². The molecule has 0 saturated heterocycles. The number of nitrogens with zero attached hydrogens (tertiary/aromatic N) is 2. The van der Waals surface area contributed by atoms with Crippen molar-refractivity contribution in [2.75, 3.05) is 6.54 Å². The van der Waals surface area contributed by atoms with Gasteiger partial charge < -0.3 is 9.88 Å². The van der Waals surface area contributed by atoms with E-state index in [0.29, 0.717) is 11.0 Å². The van der Waals surface area contributed by atoms with E-state index in [1.54, 1.807) is 6.07 Å².